The van der Waals surface area contributed by atoms with Crippen molar-refractivity contribution in [3.63, 3.8) is 0 Å². The van der Waals surface area contributed by atoms with E-state index in [9.17, 15) is 18.9 Å². The van der Waals surface area contributed by atoms with Gasteiger partial charge in [-0.3, -0.25) is 4.57 Å². The molecule has 0 aliphatic heterocycles. The molecule has 0 spiro atoms. The second-order valence-electron chi connectivity index (χ2n) is 5.80. The van der Waals surface area contributed by atoms with E-state index >= 15 is 0 Å². The molecule has 9 nitrogen and oxygen atoms in total. The molecular weight excluding hydrogens is 374 g/mol. The van der Waals surface area contributed by atoms with Crippen molar-refractivity contribution in [1.29, 1.82) is 0 Å². The molecule has 0 aliphatic rings. The fourth-order valence-corrected chi connectivity index (χ4v) is 2.55. The monoisotopic (exact) mass is 405 g/mol. The van der Waals surface area contributed by atoms with Gasteiger partial charge in [-0.1, -0.05) is 27.7 Å². The van der Waals surface area contributed by atoms with Crippen molar-refractivity contribution in [2.45, 2.75) is 39.0 Å². The molecule has 0 aliphatic carbocycles. The summed E-state index contributed by atoms with van der Waals surface area (Å²) < 4.78 is 48.2. The van der Waals surface area contributed by atoms with Gasteiger partial charge in [-0.2, -0.15) is 0 Å². The Balaban J connectivity index is 3.35. The normalized spacial score (nSPS) is 17.0. The first-order valence-corrected chi connectivity index (χ1v) is 11.5. The summed E-state index contributed by atoms with van der Waals surface area (Å²) >= 11 is 0. The van der Waals surface area contributed by atoms with Gasteiger partial charge in [-0.25, -0.2) is 0 Å². The van der Waals surface area contributed by atoms with Crippen LogP contribution in [0.15, 0.2) is 0 Å². The molecule has 0 bridgehead atoms. The first-order chi connectivity index (χ1) is 11.6. The van der Waals surface area contributed by atoms with Crippen LogP contribution >= 0.6 is 15.2 Å². The van der Waals surface area contributed by atoms with Crippen LogP contribution in [-0.4, -0.2) is 69.1 Å². The van der Waals surface area contributed by atoms with Gasteiger partial charge < -0.3 is 37.6 Å². The van der Waals surface area contributed by atoms with Gasteiger partial charge in [0.2, 0.25) is 0 Å². The maximum atomic E-state index is 11.5. The van der Waals surface area contributed by atoms with Crippen LogP contribution in [0.1, 0.15) is 27.7 Å². The summed E-state index contributed by atoms with van der Waals surface area (Å²) in [7, 11) is -7.32. The summed E-state index contributed by atoms with van der Waals surface area (Å²) in [5.41, 5.74) is -0.983. The lowest BCUT2D eigenvalue weighted by Gasteiger charge is -2.26. The van der Waals surface area contributed by atoms with E-state index in [4.69, 9.17) is 23.3 Å². The lowest BCUT2D eigenvalue weighted by atomic mass is 10.6. The summed E-state index contributed by atoms with van der Waals surface area (Å²) in [6.07, 6.45) is 0. The Hall–Kier alpha value is 0.180. The SMILES string of the molecule is CC(C)P(=O)([O-])OCCOCCOCCOCCOP(=O)(O)C(C)C. The Kier molecular flexibility index (Phi) is 13.5. The minimum absolute atomic E-state index is 0.00679. The van der Waals surface area contributed by atoms with E-state index in [0.29, 0.717) is 26.4 Å². The molecule has 0 saturated carbocycles. The molecule has 11 heteroatoms. The topological polar surface area (TPSA) is 124 Å². The second-order valence-corrected chi connectivity index (χ2v) is 10.6. The van der Waals surface area contributed by atoms with Gasteiger partial charge in [0.1, 0.15) is 7.60 Å². The quantitative estimate of drug-likeness (QED) is 0.301. The Morgan fingerprint density at radius 1 is 0.720 bits per heavy atom. The third kappa shape index (κ3) is 13.1. The second kappa shape index (κ2) is 13.4. The zero-order valence-corrected chi connectivity index (χ0v) is 17.2. The highest BCUT2D eigenvalue weighted by molar-refractivity contribution is 7.53. The van der Waals surface area contributed by atoms with Crippen molar-refractivity contribution in [1.82, 2.24) is 0 Å². The molecule has 0 aromatic carbocycles. The molecular formula is C14H31O9P2-. The van der Waals surface area contributed by atoms with Gasteiger partial charge in [0.25, 0.3) is 0 Å². The largest absolute Gasteiger partial charge is 0.778 e. The smallest absolute Gasteiger partial charge is 0.330 e. The zero-order chi connectivity index (χ0) is 19.3. The van der Waals surface area contributed by atoms with E-state index in [-0.39, 0.29) is 26.4 Å². The van der Waals surface area contributed by atoms with Crippen LogP contribution in [0.5, 0.6) is 0 Å². The van der Waals surface area contributed by atoms with Gasteiger partial charge in [0, 0.05) is 5.66 Å². The Bertz CT molecular complexity index is 391. The first kappa shape index (κ1) is 25.2. The minimum Gasteiger partial charge on any atom is -0.778 e. The number of hydrogen-bond donors (Lipinski definition) is 1. The highest BCUT2D eigenvalue weighted by Gasteiger charge is 2.23. The van der Waals surface area contributed by atoms with Crippen molar-refractivity contribution < 1.29 is 42.2 Å². The summed E-state index contributed by atoms with van der Waals surface area (Å²) in [4.78, 5) is 20.8. The standard InChI is InChI=1S/C14H32O9P2/c1-13(2)24(15,16)22-11-9-20-7-5-19-6-8-21-10-12-23-25(17,18)14(3)4/h13-14H,5-12H2,1-4H3,(H,15,16)(H,17,18)/p-1. The number of rotatable bonds is 16. The van der Waals surface area contributed by atoms with Crippen molar-refractivity contribution in [3.8, 4) is 0 Å². The third-order valence-electron chi connectivity index (χ3n) is 3.03. The lowest BCUT2D eigenvalue weighted by molar-refractivity contribution is -0.201. The molecule has 152 valence electrons. The van der Waals surface area contributed by atoms with Gasteiger partial charge in [-0.15, -0.1) is 0 Å². The van der Waals surface area contributed by atoms with E-state index in [1.807, 2.05) is 0 Å². The van der Waals surface area contributed by atoms with Crippen LogP contribution < -0.4 is 4.89 Å². The molecule has 2 atom stereocenters. The molecule has 0 saturated heterocycles. The van der Waals surface area contributed by atoms with Crippen LogP contribution in [0.25, 0.3) is 0 Å². The molecule has 1 N–H and O–H groups in total. The molecule has 0 fully saturated rings. The van der Waals surface area contributed by atoms with Gasteiger partial charge in [0.05, 0.1) is 58.5 Å². The molecule has 0 aromatic heterocycles. The van der Waals surface area contributed by atoms with Crippen LogP contribution in [0, 0.1) is 0 Å². The molecule has 0 heterocycles. The average molecular weight is 405 g/mol. The predicted octanol–water partition coefficient (Wildman–Crippen LogP) is 1.62. The van der Waals surface area contributed by atoms with Crippen LogP contribution in [-0.2, 0) is 32.4 Å². The van der Waals surface area contributed by atoms with Crippen LogP contribution in [0.3, 0.4) is 0 Å². The third-order valence-corrected chi connectivity index (χ3v) is 6.70. The van der Waals surface area contributed by atoms with Crippen LogP contribution in [0.4, 0.5) is 0 Å². The van der Waals surface area contributed by atoms with Crippen LogP contribution in [0.2, 0.25) is 0 Å². The maximum absolute atomic E-state index is 11.5. The van der Waals surface area contributed by atoms with E-state index in [1.165, 1.54) is 0 Å². The highest BCUT2D eigenvalue weighted by atomic mass is 31.2. The first-order valence-electron chi connectivity index (χ1n) is 8.25. The predicted molar refractivity (Wildman–Crippen MR) is 92.1 cm³/mol. The van der Waals surface area contributed by atoms with Crippen molar-refractivity contribution in [2.75, 3.05) is 52.9 Å². The summed E-state index contributed by atoms with van der Waals surface area (Å²) in [5, 5.41) is 0. The summed E-state index contributed by atoms with van der Waals surface area (Å²) in [6, 6.07) is 0. The van der Waals surface area contributed by atoms with E-state index in [1.54, 1.807) is 27.7 Å². The number of hydrogen-bond acceptors (Lipinski definition) is 8. The summed E-state index contributed by atoms with van der Waals surface area (Å²) in [5.74, 6) is 0. The zero-order valence-electron chi connectivity index (χ0n) is 15.4. The van der Waals surface area contributed by atoms with Gasteiger partial charge in [0.15, 0.2) is 0 Å². The van der Waals surface area contributed by atoms with Crippen molar-refractivity contribution in [3.05, 3.63) is 0 Å². The molecule has 0 amide bonds. The van der Waals surface area contributed by atoms with E-state index < -0.39 is 26.5 Å². The van der Waals surface area contributed by atoms with Crippen molar-refractivity contribution >= 4 is 15.2 Å². The Morgan fingerprint density at radius 3 is 1.44 bits per heavy atom. The molecule has 0 radical (unpaired) electrons. The molecule has 2 unspecified atom stereocenters. The average Bonchev–Trinajstić information content (AvgIpc) is 2.51. The number of ether oxygens (including phenoxy) is 3. The lowest BCUT2D eigenvalue weighted by Crippen LogP contribution is -2.17. The fraction of sp³-hybridized carbons (Fsp3) is 1.00. The summed E-state index contributed by atoms with van der Waals surface area (Å²) in [6.45, 7) is 8.13. The fourth-order valence-electron chi connectivity index (χ4n) is 1.29. The molecule has 0 aromatic rings. The molecule has 0 rings (SSSR count). The minimum atomic E-state index is -3.78. The van der Waals surface area contributed by atoms with Gasteiger partial charge in [-0.05, 0) is 0 Å². The Labute approximate surface area is 150 Å². The molecule has 25 heavy (non-hydrogen) atoms. The highest BCUT2D eigenvalue weighted by Crippen LogP contribution is 2.46. The van der Waals surface area contributed by atoms with E-state index in [0.717, 1.165) is 0 Å². The maximum Gasteiger partial charge on any atom is 0.330 e. The van der Waals surface area contributed by atoms with E-state index in [2.05, 4.69) is 0 Å². The van der Waals surface area contributed by atoms with Gasteiger partial charge >= 0.3 is 7.60 Å². The Morgan fingerprint density at radius 2 is 1.08 bits per heavy atom. The van der Waals surface area contributed by atoms with Crippen molar-refractivity contribution in [2.24, 2.45) is 0 Å².